The molecule has 2 fully saturated rings. The van der Waals surface area contributed by atoms with Gasteiger partial charge in [-0.25, -0.2) is 13.2 Å². The van der Waals surface area contributed by atoms with Crippen LogP contribution in [-0.2, 0) is 12.6 Å². The predicted octanol–water partition coefficient (Wildman–Crippen LogP) is 7.98. The van der Waals surface area contributed by atoms with E-state index >= 15 is 4.39 Å². The van der Waals surface area contributed by atoms with Gasteiger partial charge in [0.25, 0.3) is 0 Å². The number of aryl methyl sites for hydroxylation is 1. The highest BCUT2D eigenvalue weighted by atomic mass is 32.1. The molecule has 0 saturated carbocycles. The lowest BCUT2D eigenvalue weighted by atomic mass is 9.92. The van der Waals surface area contributed by atoms with Crippen LogP contribution in [0.1, 0.15) is 54.0 Å². The molecule has 5 aromatic rings. The minimum atomic E-state index is -5.04. The summed E-state index contributed by atoms with van der Waals surface area (Å²) in [6.45, 7) is 1.86. The Morgan fingerprint density at radius 1 is 1.16 bits per heavy atom. The summed E-state index contributed by atoms with van der Waals surface area (Å²) in [4.78, 5) is 16.5. The molecule has 2 N–H and O–H groups in total. The van der Waals surface area contributed by atoms with E-state index in [1.54, 1.807) is 24.3 Å². The van der Waals surface area contributed by atoms with Gasteiger partial charge < -0.3 is 15.4 Å². The van der Waals surface area contributed by atoms with Gasteiger partial charge in [-0.2, -0.15) is 28.4 Å². The second kappa shape index (κ2) is 12.9. The van der Waals surface area contributed by atoms with Gasteiger partial charge in [0.2, 0.25) is 0 Å². The highest BCUT2D eigenvalue weighted by Crippen LogP contribution is 2.48. The largest absolute Gasteiger partial charge is 0.467 e. The minimum absolute atomic E-state index is 0.0336. The molecule has 260 valence electrons. The number of anilines is 2. The number of nitrogen functional groups attached to an aromatic ring is 1. The van der Waals surface area contributed by atoms with E-state index < -0.39 is 40.6 Å². The number of thiophene rings is 1. The van der Waals surface area contributed by atoms with Gasteiger partial charge in [0.15, 0.2) is 5.82 Å². The van der Waals surface area contributed by atoms with Crippen LogP contribution >= 0.6 is 11.3 Å². The van der Waals surface area contributed by atoms with Crippen LogP contribution in [0.25, 0.3) is 32.1 Å². The summed E-state index contributed by atoms with van der Waals surface area (Å²) in [6, 6.07) is 6.48. The number of rotatable bonds is 4. The van der Waals surface area contributed by atoms with E-state index in [9.17, 15) is 27.2 Å². The van der Waals surface area contributed by atoms with E-state index in [-0.39, 0.29) is 49.5 Å². The maximum absolute atomic E-state index is 16.5. The van der Waals surface area contributed by atoms with Gasteiger partial charge >= 0.3 is 12.2 Å². The van der Waals surface area contributed by atoms with Crippen molar-refractivity contribution in [2.24, 2.45) is 0 Å². The van der Waals surface area contributed by atoms with Crippen LogP contribution in [-0.4, -0.2) is 59.3 Å². The van der Waals surface area contributed by atoms with Crippen LogP contribution in [0.15, 0.2) is 36.7 Å². The van der Waals surface area contributed by atoms with Crippen molar-refractivity contribution in [3.63, 3.8) is 0 Å². The molecule has 15 heteroatoms. The third-order valence-electron chi connectivity index (χ3n) is 9.83. The topological polar surface area (TPSA) is 104 Å². The fourth-order valence-electron chi connectivity index (χ4n) is 7.53. The van der Waals surface area contributed by atoms with Gasteiger partial charge in [-0.15, -0.1) is 11.3 Å². The third-order valence-corrected chi connectivity index (χ3v) is 10.9. The molecule has 0 amide bonds. The number of hydrogen-bond acceptors (Lipinski definition) is 9. The molecule has 5 heterocycles. The summed E-state index contributed by atoms with van der Waals surface area (Å²) >= 11 is 0.702. The summed E-state index contributed by atoms with van der Waals surface area (Å²) in [5.74, 6) is -2.08. The summed E-state index contributed by atoms with van der Waals surface area (Å²) in [5.41, 5.74) is 4.62. The molecule has 8 rings (SSSR count). The molecule has 2 saturated heterocycles. The van der Waals surface area contributed by atoms with Crippen molar-refractivity contribution in [1.82, 2.24) is 19.9 Å². The number of halogens is 6. The van der Waals surface area contributed by atoms with Gasteiger partial charge in [-0.1, -0.05) is 6.07 Å². The van der Waals surface area contributed by atoms with Crippen LogP contribution in [0.5, 0.6) is 6.01 Å². The van der Waals surface area contributed by atoms with Gasteiger partial charge in [0, 0.05) is 48.4 Å². The lowest BCUT2D eigenvalue weighted by Gasteiger charge is -2.28. The summed E-state index contributed by atoms with van der Waals surface area (Å²) in [6.07, 6.45) is 2.50. The maximum atomic E-state index is 16.5. The zero-order valence-electron chi connectivity index (χ0n) is 27.0. The molecule has 0 spiro atoms. The van der Waals surface area contributed by atoms with Crippen molar-refractivity contribution in [3.8, 4) is 23.2 Å². The Morgan fingerprint density at radius 3 is 2.68 bits per heavy atom. The highest BCUT2D eigenvalue weighted by Gasteiger charge is 2.39. The number of nitrogens with two attached hydrogens (primary N) is 1. The molecule has 3 atom stereocenters. The number of nitriles is 1. The highest BCUT2D eigenvalue weighted by molar-refractivity contribution is 7.23. The third kappa shape index (κ3) is 5.73. The fraction of sp³-hybridized carbons (Fsp3) is 0.371. The smallest absolute Gasteiger partial charge is 0.417 e. The molecule has 0 radical (unpaired) electrons. The number of alkyl halides is 4. The fourth-order valence-corrected chi connectivity index (χ4v) is 8.48. The molecule has 3 aromatic heterocycles. The number of methoxy groups -OCH3 is 1. The molecule has 8 nitrogen and oxygen atoms in total. The molecule has 3 unspecified atom stereocenters. The van der Waals surface area contributed by atoms with Crippen molar-refractivity contribution in [2.45, 2.75) is 56.5 Å². The van der Waals surface area contributed by atoms with E-state index in [4.69, 9.17) is 10.5 Å². The Labute approximate surface area is 287 Å². The Balaban J connectivity index is 0.000000375. The SMILES string of the molecule is COc1nc(N(C)C2CCc3ccncc32)c2cc(C(F)(F)F)c(-c3ccc(F)c4sc(N)c(C#N)c34)c(F)c2n1.FC1CC2CCCN2C1. The van der Waals surface area contributed by atoms with E-state index in [1.807, 2.05) is 12.1 Å². The molecule has 2 aliphatic heterocycles. The first kappa shape index (κ1) is 33.8. The molecular weight excluding hydrogens is 680 g/mol. The Kier molecular flexibility index (Phi) is 8.72. The zero-order chi connectivity index (χ0) is 35.5. The van der Waals surface area contributed by atoms with Crippen molar-refractivity contribution in [2.75, 3.05) is 37.9 Å². The number of nitrogens with zero attached hydrogens (tertiary/aromatic N) is 6. The number of hydrogen-bond donors (Lipinski definition) is 1. The van der Waals surface area contributed by atoms with Gasteiger partial charge in [-0.05, 0) is 73.5 Å². The first-order valence-electron chi connectivity index (χ1n) is 16.0. The Bertz CT molecular complexity index is 2150. The lowest BCUT2D eigenvalue weighted by Crippen LogP contribution is -2.24. The van der Waals surface area contributed by atoms with Crippen molar-refractivity contribution in [3.05, 3.63) is 70.5 Å². The number of pyridine rings is 1. The lowest BCUT2D eigenvalue weighted by molar-refractivity contribution is -0.137. The minimum Gasteiger partial charge on any atom is -0.467 e. The van der Waals surface area contributed by atoms with E-state index in [0.717, 1.165) is 48.7 Å². The number of ether oxygens (including phenoxy) is 1. The van der Waals surface area contributed by atoms with Crippen LogP contribution in [0.2, 0.25) is 0 Å². The standard InChI is InChI=1S/C28H19F5N6OS.C7H12FN/c1-39(19-6-3-12-7-8-36-11-16(12)19)26-14-9-17(28(31,32)33)21(22(30)23(14)37-27(38-26)40-2)13-4-5-18(29)24-20(13)15(10-34)25(35)41-24;8-6-4-7-2-1-3-9(7)5-6/h4-5,7-9,11,19H,3,6,35H2,1-2H3;6-7H,1-5H2. The Hall–Kier alpha value is -4.68. The van der Waals surface area contributed by atoms with E-state index in [0.29, 0.717) is 30.3 Å². The quantitative estimate of drug-likeness (QED) is 0.187. The molecule has 3 aliphatic rings. The van der Waals surface area contributed by atoms with E-state index in [2.05, 4.69) is 19.9 Å². The monoisotopic (exact) mass is 711 g/mol. The van der Waals surface area contributed by atoms with Crippen molar-refractivity contribution < 1.29 is 31.1 Å². The maximum Gasteiger partial charge on any atom is 0.417 e. The number of fused-ring (bicyclic) bond motifs is 4. The summed E-state index contributed by atoms with van der Waals surface area (Å²) in [7, 11) is 2.92. The molecular formula is C35H31F6N7OS. The molecule has 50 heavy (non-hydrogen) atoms. The first-order chi connectivity index (χ1) is 23.9. The van der Waals surface area contributed by atoms with Gasteiger partial charge in [0.1, 0.15) is 34.4 Å². The van der Waals surface area contributed by atoms with Crippen LogP contribution in [0.3, 0.4) is 0 Å². The second-order valence-corrected chi connectivity index (χ2v) is 13.7. The molecule has 1 aliphatic carbocycles. The molecule has 0 bridgehead atoms. The summed E-state index contributed by atoms with van der Waals surface area (Å²) < 4.78 is 92.9. The average Bonchev–Trinajstić information content (AvgIpc) is 3.87. The first-order valence-corrected chi connectivity index (χ1v) is 16.8. The zero-order valence-corrected chi connectivity index (χ0v) is 27.8. The Morgan fingerprint density at radius 2 is 1.96 bits per heavy atom. The second-order valence-electron chi connectivity index (χ2n) is 12.7. The van der Waals surface area contributed by atoms with Crippen LogP contribution in [0.4, 0.5) is 37.2 Å². The summed E-state index contributed by atoms with van der Waals surface area (Å²) in [5, 5.41) is 9.18. The normalized spacial score (nSPS) is 20.0. The number of benzene rings is 2. The average molecular weight is 712 g/mol. The predicted molar refractivity (Wildman–Crippen MR) is 179 cm³/mol. The van der Waals surface area contributed by atoms with Crippen LogP contribution in [0, 0.1) is 23.0 Å². The van der Waals surface area contributed by atoms with Crippen molar-refractivity contribution >= 4 is 43.1 Å². The van der Waals surface area contributed by atoms with Crippen molar-refractivity contribution in [1.29, 1.82) is 5.26 Å². The van der Waals surface area contributed by atoms with E-state index in [1.165, 1.54) is 20.0 Å². The van der Waals surface area contributed by atoms with Crippen LogP contribution < -0.4 is 15.4 Å². The van der Waals surface area contributed by atoms with Gasteiger partial charge in [-0.3, -0.25) is 9.88 Å². The van der Waals surface area contributed by atoms with Gasteiger partial charge in [0.05, 0.1) is 29.0 Å². The molecule has 2 aromatic carbocycles. The number of aromatic nitrogens is 3.